The minimum absolute atomic E-state index is 0.0592. The minimum Gasteiger partial charge on any atom is -0.480 e. The fraction of sp³-hybridized carbons (Fsp3) is 0.311. The maximum Gasteiger partial charge on any atom is 0.410 e. The zero-order valence-corrected chi connectivity index (χ0v) is 37.0. The number of halogens is 4. The van der Waals surface area contributed by atoms with Gasteiger partial charge in [-0.25, -0.2) is 9.59 Å². The van der Waals surface area contributed by atoms with E-state index in [1.807, 2.05) is 50.2 Å². The summed E-state index contributed by atoms with van der Waals surface area (Å²) in [6, 6.07) is 23.8. The molecule has 63 heavy (non-hydrogen) atoms. The molecule has 4 aromatic rings. The predicted octanol–water partition coefficient (Wildman–Crippen LogP) is 8.04. The van der Waals surface area contributed by atoms with Crippen molar-refractivity contribution in [3.8, 4) is 0 Å². The lowest BCUT2D eigenvalue weighted by molar-refractivity contribution is -0.147. The van der Waals surface area contributed by atoms with Gasteiger partial charge in [-0.3, -0.25) is 28.9 Å². The molecule has 14 nitrogen and oxygen atoms in total. The van der Waals surface area contributed by atoms with Gasteiger partial charge in [-0.1, -0.05) is 133 Å². The van der Waals surface area contributed by atoms with Gasteiger partial charge in [0.2, 0.25) is 11.8 Å². The number of nitrogens with zero attached hydrogens (tertiary/aromatic N) is 1. The van der Waals surface area contributed by atoms with Crippen molar-refractivity contribution in [3.05, 3.63) is 139 Å². The molecule has 0 aliphatic carbocycles. The van der Waals surface area contributed by atoms with Gasteiger partial charge in [-0.15, -0.1) is 0 Å². The quantitative estimate of drug-likeness (QED) is 0.0639. The van der Waals surface area contributed by atoms with Gasteiger partial charge >= 0.3 is 24.0 Å². The number of rotatable bonds is 17. The normalized spacial score (nSPS) is 15.2. The fourth-order valence-electron chi connectivity index (χ4n) is 6.87. The van der Waals surface area contributed by atoms with Crippen LogP contribution in [-0.4, -0.2) is 86.5 Å². The lowest BCUT2D eigenvalue weighted by Crippen LogP contribution is -2.56. The molecule has 2 unspecified atom stereocenters. The topological polar surface area (TPSA) is 217 Å². The Morgan fingerprint density at radius 3 is 1.57 bits per heavy atom. The average molecular weight is 946 g/mol. The Labute approximate surface area is 383 Å². The zero-order chi connectivity index (χ0) is 46.4. The summed E-state index contributed by atoms with van der Waals surface area (Å²) < 4.78 is 5.41. The molecule has 1 heterocycles. The van der Waals surface area contributed by atoms with E-state index in [0.29, 0.717) is 25.8 Å². The average Bonchev–Trinajstić information content (AvgIpc) is 3.73. The molecule has 5 atom stereocenters. The third kappa shape index (κ3) is 13.9. The van der Waals surface area contributed by atoms with E-state index >= 15 is 0 Å². The number of hydrogen-bond acceptors (Lipinski definition) is 8. The number of Topliss-reactive ketones (excluding diaryl/α,β-unsaturated/α-hetero) is 1. The summed E-state index contributed by atoms with van der Waals surface area (Å²) in [5, 5.41) is 33.8. The first-order valence-corrected chi connectivity index (χ1v) is 21.1. The second kappa shape index (κ2) is 23.7. The molecular formula is C45H45Cl4N3O11. The third-order valence-electron chi connectivity index (χ3n) is 9.87. The molecule has 1 aliphatic rings. The number of carbonyl (C=O) groups excluding carboxylic acids is 4. The van der Waals surface area contributed by atoms with E-state index in [4.69, 9.17) is 51.1 Å². The van der Waals surface area contributed by atoms with Gasteiger partial charge in [-0.2, -0.15) is 0 Å². The smallest absolute Gasteiger partial charge is 0.410 e. The number of likely N-dealkylation sites (tertiary alicyclic amines) is 1. The van der Waals surface area contributed by atoms with Crippen molar-refractivity contribution in [1.82, 2.24) is 15.5 Å². The molecule has 0 spiro atoms. The van der Waals surface area contributed by atoms with Crippen molar-refractivity contribution in [1.29, 1.82) is 0 Å². The molecule has 3 amide bonds. The van der Waals surface area contributed by atoms with Crippen LogP contribution >= 0.6 is 46.4 Å². The minimum atomic E-state index is -1.91. The van der Waals surface area contributed by atoms with Crippen molar-refractivity contribution in [2.75, 3.05) is 6.54 Å². The summed E-state index contributed by atoms with van der Waals surface area (Å²) in [4.78, 5) is 88.7. The van der Waals surface area contributed by atoms with Crippen LogP contribution in [0.1, 0.15) is 67.2 Å². The number of aliphatic carboxylic acids is 3. The van der Waals surface area contributed by atoms with Crippen LogP contribution in [0.4, 0.5) is 4.79 Å². The Balaban J connectivity index is 0.000000294. The Kier molecular flexibility index (Phi) is 18.8. The van der Waals surface area contributed by atoms with Gasteiger partial charge < -0.3 is 30.7 Å². The Morgan fingerprint density at radius 1 is 0.651 bits per heavy atom. The predicted molar refractivity (Wildman–Crippen MR) is 236 cm³/mol. The highest BCUT2D eigenvalue weighted by atomic mass is 35.5. The summed E-state index contributed by atoms with van der Waals surface area (Å²) in [5.74, 6) is -10.3. The van der Waals surface area contributed by atoms with Gasteiger partial charge in [0.1, 0.15) is 36.6 Å². The number of carboxylic acid groups (broad SMARTS) is 3. The summed E-state index contributed by atoms with van der Waals surface area (Å²) in [6.07, 6.45) is 0.945. The molecule has 1 aliphatic heterocycles. The van der Waals surface area contributed by atoms with E-state index in [9.17, 15) is 48.9 Å². The standard InChI is InChI=1S/C28H35N3O6.C17H10Cl4O5/c1-19(2)16-22(25(32)30-23(27(34)35)17-20-10-5-3-6-11-20)29-26(33)24-14-9-15-31(24)28(36)37-18-21-12-7-4-8-13-21;18-7-3-1-4-8(19)11(7)13(16(23)24)15(22)14(17(25)26)12-9(20)5-2-6-10(12)21/h3-8,10-13,19,22-24H,9,14-18H2,1-2H3,(H,29,33)(H,30,32)(H,34,35);1-6,13-14H,(H,23,24)(H,25,26)/t22-,23-,24-;/m0./s1. The van der Waals surface area contributed by atoms with Crippen LogP contribution in [0.3, 0.4) is 0 Å². The molecule has 4 aromatic carbocycles. The molecular weight excluding hydrogens is 900 g/mol. The molecule has 0 aromatic heterocycles. The van der Waals surface area contributed by atoms with Gasteiger partial charge in [-0.05, 0) is 60.6 Å². The van der Waals surface area contributed by atoms with Crippen LogP contribution in [0.15, 0.2) is 97.1 Å². The second-order valence-corrected chi connectivity index (χ2v) is 16.5. The van der Waals surface area contributed by atoms with E-state index in [2.05, 4.69) is 10.6 Å². The van der Waals surface area contributed by atoms with Gasteiger partial charge in [0.05, 0.1) is 0 Å². The van der Waals surface area contributed by atoms with Crippen LogP contribution in [0, 0.1) is 5.92 Å². The summed E-state index contributed by atoms with van der Waals surface area (Å²) in [7, 11) is 0. The molecule has 0 saturated carbocycles. The highest BCUT2D eigenvalue weighted by Gasteiger charge is 2.42. The van der Waals surface area contributed by atoms with Crippen molar-refractivity contribution in [2.45, 2.75) is 76.1 Å². The number of hydrogen-bond donors (Lipinski definition) is 5. The highest BCUT2D eigenvalue weighted by Crippen LogP contribution is 2.39. The maximum absolute atomic E-state index is 13.2. The molecule has 1 saturated heterocycles. The van der Waals surface area contributed by atoms with E-state index in [1.165, 1.54) is 41.3 Å². The van der Waals surface area contributed by atoms with Crippen LogP contribution in [-0.2, 0) is 46.5 Å². The second-order valence-electron chi connectivity index (χ2n) is 14.9. The molecule has 0 radical (unpaired) electrons. The monoisotopic (exact) mass is 943 g/mol. The van der Waals surface area contributed by atoms with Crippen molar-refractivity contribution in [3.63, 3.8) is 0 Å². The summed E-state index contributed by atoms with van der Waals surface area (Å²) in [5.41, 5.74) is 1.23. The number of benzene rings is 4. The SMILES string of the molecule is CC(C)C[C@H](NC(=O)[C@@H]1CCCN1C(=O)OCc1ccccc1)C(=O)N[C@@H](Cc1ccccc1)C(=O)O.O=C(O)C(C(=O)C(C(=O)O)c1c(Cl)cccc1Cl)c1c(Cl)cccc1Cl. The largest absolute Gasteiger partial charge is 0.480 e. The van der Waals surface area contributed by atoms with Gasteiger partial charge in [0, 0.05) is 44.2 Å². The molecule has 5 rings (SSSR count). The number of carbonyl (C=O) groups is 7. The molecule has 0 bridgehead atoms. The Hall–Kier alpha value is -5.67. The van der Waals surface area contributed by atoms with E-state index in [-0.39, 0.29) is 50.2 Å². The number of amides is 3. The number of ketones is 1. The first-order valence-electron chi connectivity index (χ1n) is 19.6. The zero-order valence-electron chi connectivity index (χ0n) is 34.0. The summed E-state index contributed by atoms with van der Waals surface area (Å²) >= 11 is 24.0. The molecule has 18 heteroatoms. The molecule has 5 N–H and O–H groups in total. The van der Waals surface area contributed by atoms with Gasteiger partial charge in [0.15, 0.2) is 5.78 Å². The fourth-order valence-corrected chi connectivity index (χ4v) is 8.10. The van der Waals surface area contributed by atoms with Crippen LogP contribution < -0.4 is 10.6 Å². The Morgan fingerprint density at radius 2 is 1.13 bits per heavy atom. The summed E-state index contributed by atoms with van der Waals surface area (Å²) in [6.45, 7) is 4.30. The van der Waals surface area contributed by atoms with E-state index in [0.717, 1.165) is 11.1 Å². The lowest BCUT2D eigenvalue weighted by atomic mass is 9.83. The third-order valence-corrected chi connectivity index (χ3v) is 11.2. The maximum atomic E-state index is 13.2. The number of ether oxygens (including phenoxy) is 1. The van der Waals surface area contributed by atoms with Crippen molar-refractivity contribution in [2.24, 2.45) is 5.92 Å². The van der Waals surface area contributed by atoms with Gasteiger partial charge in [0.25, 0.3) is 0 Å². The van der Waals surface area contributed by atoms with Crippen molar-refractivity contribution < 1.29 is 53.6 Å². The first kappa shape index (κ1) is 50.0. The number of nitrogens with one attached hydrogen (secondary N) is 2. The van der Waals surface area contributed by atoms with Crippen LogP contribution in [0.25, 0.3) is 0 Å². The Bertz CT molecular complexity index is 2170. The van der Waals surface area contributed by atoms with Crippen LogP contribution in [0.2, 0.25) is 20.1 Å². The first-order chi connectivity index (χ1) is 29.9. The van der Waals surface area contributed by atoms with Crippen LogP contribution in [0.5, 0.6) is 0 Å². The molecule has 334 valence electrons. The van der Waals surface area contributed by atoms with Crippen molar-refractivity contribution >= 4 is 88.0 Å². The van der Waals surface area contributed by atoms with E-state index in [1.54, 1.807) is 24.3 Å². The number of carboxylic acids is 3. The molecule has 1 fully saturated rings. The lowest BCUT2D eigenvalue weighted by Gasteiger charge is -2.27. The van der Waals surface area contributed by atoms with E-state index < -0.39 is 71.6 Å². The highest BCUT2D eigenvalue weighted by molar-refractivity contribution is 6.39.